The van der Waals surface area contributed by atoms with Crippen molar-refractivity contribution in [2.75, 3.05) is 26.3 Å². The van der Waals surface area contributed by atoms with Gasteiger partial charge in [-0.05, 0) is 6.72 Å². The van der Waals surface area contributed by atoms with Crippen molar-refractivity contribution >= 4 is 13.1 Å². The number of rotatable bonds is 3. The van der Waals surface area contributed by atoms with Crippen molar-refractivity contribution in [3.05, 3.63) is 12.4 Å². The maximum Gasteiger partial charge on any atom is 0.123 e. The molecule has 0 aromatic carbocycles. The van der Waals surface area contributed by atoms with Crippen LogP contribution in [0.4, 0.5) is 0 Å². The molecule has 0 aliphatic carbocycles. The molecular formula is C8H13N3O. The molecule has 0 atom stereocenters. The Labute approximate surface area is 72.3 Å². The minimum atomic E-state index is 0.728. The quantitative estimate of drug-likeness (QED) is 0.454. The van der Waals surface area contributed by atoms with Crippen LogP contribution in [-0.4, -0.2) is 44.3 Å². The van der Waals surface area contributed by atoms with Crippen LogP contribution in [0.2, 0.25) is 0 Å². The highest BCUT2D eigenvalue weighted by Gasteiger charge is 2.10. The van der Waals surface area contributed by atoms with Gasteiger partial charge < -0.3 is 9.64 Å². The van der Waals surface area contributed by atoms with Crippen molar-refractivity contribution < 1.29 is 4.74 Å². The van der Waals surface area contributed by atoms with E-state index in [0.717, 1.165) is 32.1 Å². The van der Waals surface area contributed by atoms with Gasteiger partial charge in [-0.3, -0.25) is 4.99 Å². The van der Waals surface area contributed by atoms with E-state index < -0.39 is 0 Å². The molecule has 4 nitrogen and oxygen atoms in total. The lowest BCUT2D eigenvalue weighted by Crippen LogP contribution is -2.34. The van der Waals surface area contributed by atoms with Gasteiger partial charge >= 0.3 is 0 Å². The summed E-state index contributed by atoms with van der Waals surface area (Å²) in [5, 5.41) is 0. The summed E-state index contributed by atoms with van der Waals surface area (Å²) >= 11 is 0. The van der Waals surface area contributed by atoms with E-state index in [1.165, 1.54) is 6.34 Å². The molecule has 1 aliphatic heterocycles. The second-order valence-corrected chi connectivity index (χ2v) is 2.44. The Kier molecular flexibility index (Phi) is 3.47. The number of nitrogens with zero attached hydrogens (tertiary/aromatic N) is 3. The molecule has 0 saturated carbocycles. The van der Waals surface area contributed by atoms with Crippen LogP contribution >= 0.6 is 0 Å². The van der Waals surface area contributed by atoms with Crippen LogP contribution < -0.4 is 0 Å². The molecule has 1 saturated heterocycles. The minimum absolute atomic E-state index is 0.728. The van der Waals surface area contributed by atoms with Crippen LogP contribution in [0.25, 0.3) is 0 Å². The normalized spacial score (nSPS) is 18.2. The van der Waals surface area contributed by atoms with Crippen LogP contribution in [0, 0.1) is 0 Å². The first-order valence-electron chi connectivity index (χ1n) is 3.84. The van der Waals surface area contributed by atoms with Gasteiger partial charge in [0.15, 0.2) is 0 Å². The predicted molar refractivity (Wildman–Crippen MR) is 49.6 cm³/mol. The molecule has 0 unspecified atom stereocenters. The van der Waals surface area contributed by atoms with Crippen LogP contribution in [0.3, 0.4) is 0 Å². The molecule has 1 aliphatic rings. The Morgan fingerprint density at radius 1 is 1.42 bits per heavy atom. The third-order valence-electron chi connectivity index (χ3n) is 1.66. The molecule has 0 spiro atoms. The van der Waals surface area contributed by atoms with E-state index in [2.05, 4.69) is 28.2 Å². The molecular weight excluding hydrogens is 154 g/mol. The Morgan fingerprint density at radius 3 is 2.67 bits per heavy atom. The van der Waals surface area contributed by atoms with Crippen molar-refractivity contribution in [3.63, 3.8) is 0 Å². The summed E-state index contributed by atoms with van der Waals surface area (Å²) in [5.41, 5.74) is 0. The summed E-state index contributed by atoms with van der Waals surface area (Å²) in [6.45, 7) is 10.3. The molecule has 0 aromatic heterocycles. The van der Waals surface area contributed by atoms with Gasteiger partial charge in [-0.2, -0.15) is 0 Å². The summed E-state index contributed by atoms with van der Waals surface area (Å²) in [5.74, 6) is 0.728. The van der Waals surface area contributed by atoms with Gasteiger partial charge in [-0.1, -0.05) is 6.58 Å². The third-order valence-corrected chi connectivity index (χ3v) is 1.66. The largest absolute Gasteiger partial charge is 0.378 e. The lowest BCUT2D eigenvalue weighted by atomic mass is 10.4. The Balaban J connectivity index is 2.39. The monoisotopic (exact) mass is 167 g/mol. The average Bonchev–Trinajstić information content (AvgIpc) is 2.15. The van der Waals surface area contributed by atoms with Gasteiger partial charge in [0.05, 0.1) is 13.2 Å². The van der Waals surface area contributed by atoms with Crippen LogP contribution in [-0.2, 0) is 4.74 Å². The maximum atomic E-state index is 5.18. The Morgan fingerprint density at radius 2 is 2.08 bits per heavy atom. The van der Waals surface area contributed by atoms with E-state index in [9.17, 15) is 0 Å². The molecule has 4 heteroatoms. The van der Waals surface area contributed by atoms with Gasteiger partial charge in [-0.25, -0.2) is 4.99 Å². The summed E-state index contributed by atoms with van der Waals surface area (Å²) in [4.78, 5) is 9.56. The fraction of sp³-hybridized carbons (Fsp3) is 0.500. The van der Waals surface area contributed by atoms with E-state index in [1.807, 2.05) is 0 Å². The second-order valence-electron chi connectivity index (χ2n) is 2.44. The SMILES string of the molecule is C=N/C=N\C(=C)N1CCOCC1. The molecule has 12 heavy (non-hydrogen) atoms. The number of aliphatic imine (C=N–C) groups is 2. The topological polar surface area (TPSA) is 37.2 Å². The van der Waals surface area contributed by atoms with Gasteiger partial charge in [0.1, 0.15) is 12.2 Å². The zero-order chi connectivity index (χ0) is 8.81. The molecule has 0 N–H and O–H groups in total. The highest BCUT2D eigenvalue weighted by molar-refractivity contribution is 5.63. The number of hydrogen-bond acceptors (Lipinski definition) is 3. The highest BCUT2D eigenvalue weighted by Crippen LogP contribution is 2.05. The Hall–Kier alpha value is -1.16. The third kappa shape index (κ3) is 2.47. The minimum Gasteiger partial charge on any atom is -0.378 e. The fourth-order valence-corrected chi connectivity index (χ4v) is 1.01. The summed E-state index contributed by atoms with van der Waals surface area (Å²) in [7, 11) is 0. The predicted octanol–water partition coefficient (Wildman–Crippen LogP) is 0.519. The summed E-state index contributed by atoms with van der Waals surface area (Å²) < 4.78 is 5.18. The van der Waals surface area contributed by atoms with Gasteiger partial charge in [0.2, 0.25) is 0 Å². The first kappa shape index (κ1) is 8.93. The molecule has 1 fully saturated rings. The summed E-state index contributed by atoms with van der Waals surface area (Å²) in [6.07, 6.45) is 1.40. The molecule has 0 amide bonds. The highest BCUT2D eigenvalue weighted by atomic mass is 16.5. The number of morpholine rings is 1. The van der Waals surface area contributed by atoms with E-state index in [1.54, 1.807) is 0 Å². The standard InChI is InChI=1S/C8H13N3O/c1-8(10-7-9-2)11-3-5-12-6-4-11/h7H,1-6H2/b10-7-. The van der Waals surface area contributed by atoms with Gasteiger partial charge in [0.25, 0.3) is 0 Å². The first-order chi connectivity index (χ1) is 5.84. The van der Waals surface area contributed by atoms with Crippen molar-refractivity contribution in [1.82, 2.24) is 4.90 Å². The van der Waals surface area contributed by atoms with E-state index in [-0.39, 0.29) is 0 Å². The first-order valence-corrected chi connectivity index (χ1v) is 3.84. The van der Waals surface area contributed by atoms with Crippen LogP contribution in [0.1, 0.15) is 0 Å². The lowest BCUT2D eigenvalue weighted by Gasteiger charge is -2.27. The average molecular weight is 167 g/mol. The Bertz CT molecular complexity index is 194. The van der Waals surface area contributed by atoms with Crippen molar-refractivity contribution in [3.8, 4) is 0 Å². The smallest absolute Gasteiger partial charge is 0.123 e. The lowest BCUT2D eigenvalue weighted by molar-refractivity contribution is 0.0534. The fourth-order valence-electron chi connectivity index (χ4n) is 1.01. The molecule has 0 bridgehead atoms. The number of ether oxygens (including phenoxy) is 1. The molecule has 66 valence electrons. The zero-order valence-corrected chi connectivity index (χ0v) is 7.07. The van der Waals surface area contributed by atoms with Crippen molar-refractivity contribution in [2.45, 2.75) is 0 Å². The molecule has 1 rings (SSSR count). The maximum absolute atomic E-state index is 5.18. The van der Waals surface area contributed by atoms with E-state index in [4.69, 9.17) is 4.74 Å². The van der Waals surface area contributed by atoms with Crippen molar-refractivity contribution in [2.24, 2.45) is 9.98 Å². The van der Waals surface area contributed by atoms with Crippen molar-refractivity contribution in [1.29, 1.82) is 0 Å². The summed E-state index contributed by atoms with van der Waals surface area (Å²) in [6, 6.07) is 0. The second kappa shape index (κ2) is 4.66. The molecule has 0 radical (unpaired) electrons. The molecule has 0 aromatic rings. The van der Waals surface area contributed by atoms with Crippen LogP contribution in [0.15, 0.2) is 22.4 Å². The number of hydrogen-bond donors (Lipinski definition) is 0. The van der Waals surface area contributed by atoms with E-state index in [0.29, 0.717) is 0 Å². The van der Waals surface area contributed by atoms with Gasteiger partial charge in [-0.15, -0.1) is 0 Å². The van der Waals surface area contributed by atoms with E-state index >= 15 is 0 Å². The zero-order valence-electron chi connectivity index (χ0n) is 7.07. The van der Waals surface area contributed by atoms with Gasteiger partial charge in [0, 0.05) is 13.1 Å². The van der Waals surface area contributed by atoms with Crippen LogP contribution in [0.5, 0.6) is 0 Å². The molecule has 1 heterocycles.